The first-order chi connectivity index (χ1) is 5.02. The van der Waals surface area contributed by atoms with E-state index in [9.17, 15) is 13.6 Å². The van der Waals surface area contributed by atoms with Crippen molar-refractivity contribution in [1.29, 1.82) is 0 Å². The monoisotopic (exact) mass is 162 g/mol. The van der Waals surface area contributed by atoms with Crippen molar-refractivity contribution in [2.24, 2.45) is 4.99 Å². The van der Waals surface area contributed by atoms with E-state index in [1.165, 1.54) is 6.08 Å². The van der Waals surface area contributed by atoms with Gasteiger partial charge < -0.3 is 5.32 Å². The first-order valence-electron chi connectivity index (χ1n) is 3.19. The van der Waals surface area contributed by atoms with Gasteiger partial charge in [0.15, 0.2) is 5.54 Å². The van der Waals surface area contributed by atoms with Gasteiger partial charge in [-0.15, -0.1) is 0 Å². The van der Waals surface area contributed by atoms with E-state index in [0.29, 0.717) is 0 Å². The summed E-state index contributed by atoms with van der Waals surface area (Å²) in [6, 6.07) is 0. The summed E-state index contributed by atoms with van der Waals surface area (Å²) in [5, 5.41) is 2.64. The van der Waals surface area contributed by atoms with Crippen LogP contribution in [0.1, 0.15) is 6.92 Å². The third kappa shape index (κ3) is 1.17. The normalized spacial score (nSPS) is 21.7. The lowest BCUT2D eigenvalue weighted by Crippen LogP contribution is -2.66. The van der Waals surface area contributed by atoms with E-state index in [2.05, 4.69) is 10.3 Å². The lowest BCUT2D eigenvalue weighted by atomic mass is 9.87. The molecule has 62 valence electrons. The van der Waals surface area contributed by atoms with E-state index in [-0.39, 0.29) is 13.1 Å². The van der Waals surface area contributed by atoms with E-state index in [4.69, 9.17) is 0 Å². The molecule has 0 aromatic rings. The predicted octanol–water partition coefficient (Wildman–Crippen LogP) is 0.319. The number of isocyanates is 1. The highest BCUT2D eigenvalue weighted by atomic mass is 19.3. The first-order valence-corrected chi connectivity index (χ1v) is 3.19. The summed E-state index contributed by atoms with van der Waals surface area (Å²) in [5.41, 5.74) is -1.53. The molecule has 5 heteroatoms. The number of halogens is 2. The molecule has 11 heavy (non-hydrogen) atoms. The molecule has 1 aliphatic heterocycles. The van der Waals surface area contributed by atoms with Crippen molar-refractivity contribution in [3.8, 4) is 0 Å². The van der Waals surface area contributed by atoms with Crippen LogP contribution in [0.15, 0.2) is 4.99 Å². The number of rotatable bonds is 2. The molecule has 0 spiro atoms. The van der Waals surface area contributed by atoms with E-state index < -0.39 is 11.5 Å². The Morgan fingerprint density at radius 3 is 2.27 bits per heavy atom. The molecule has 3 nitrogen and oxygen atoms in total. The molecule has 0 bridgehead atoms. The van der Waals surface area contributed by atoms with Crippen LogP contribution in [0.5, 0.6) is 0 Å². The molecule has 0 aliphatic carbocycles. The van der Waals surface area contributed by atoms with Gasteiger partial charge >= 0.3 is 0 Å². The average molecular weight is 162 g/mol. The third-order valence-corrected chi connectivity index (χ3v) is 1.91. The Morgan fingerprint density at radius 2 is 2.18 bits per heavy atom. The summed E-state index contributed by atoms with van der Waals surface area (Å²) >= 11 is 0. The van der Waals surface area contributed by atoms with Gasteiger partial charge in [-0.1, -0.05) is 0 Å². The highest BCUT2D eigenvalue weighted by Gasteiger charge is 2.54. The number of alkyl halides is 2. The fourth-order valence-electron chi connectivity index (χ4n) is 0.937. The van der Waals surface area contributed by atoms with E-state index in [0.717, 1.165) is 6.92 Å². The number of carbonyl (C=O) groups excluding carboxylic acids is 1. The molecule has 0 aromatic heterocycles. The second-order valence-corrected chi connectivity index (χ2v) is 2.73. The Hall–Kier alpha value is -0.800. The highest BCUT2D eigenvalue weighted by molar-refractivity contribution is 5.37. The Kier molecular flexibility index (Phi) is 1.78. The van der Waals surface area contributed by atoms with Gasteiger partial charge in [-0.2, -0.15) is 4.99 Å². The molecule has 0 aromatic carbocycles. The van der Waals surface area contributed by atoms with Crippen LogP contribution in [0.2, 0.25) is 0 Å². The Morgan fingerprint density at radius 1 is 1.64 bits per heavy atom. The third-order valence-electron chi connectivity index (χ3n) is 1.91. The van der Waals surface area contributed by atoms with Gasteiger partial charge in [0.2, 0.25) is 6.08 Å². The van der Waals surface area contributed by atoms with Crippen LogP contribution >= 0.6 is 0 Å². The van der Waals surface area contributed by atoms with Gasteiger partial charge in [-0.25, -0.2) is 13.6 Å². The number of hydrogen-bond donors (Lipinski definition) is 1. The van der Waals surface area contributed by atoms with Crippen molar-refractivity contribution in [1.82, 2.24) is 5.32 Å². The average Bonchev–Trinajstić information content (AvgIpc) is 1.75. The van der Waals surface area contributed by atoms with Crippen molar-refractivity contribution in [2.45, 2.75) is 18.4 Å². The minimum Gasteiger partial charge on any atom is -0.311 e. The first kappa shape index (κ1) is 8.30. The van der Waals surface area contributed by atoms with Gasteiger partial charge in [-0.3, -0.25) is 0 Å². The SMILES string of the molecule is CC(F)(F)C1(N=C=O)CNC1. The summed E-state index contributed by atoms with van der Waals surface area (Å²) in [7, 11) is 0. The van der Waals surface area contributed by atoms with E-state index >= 15 is 0 Å². The lowest BCUT2D eigenvalue weighted by molar-refractivity contribution is -0.0763. The molecule has 0 radical (unpaired) electrons. The topological polar surface area (TPSA) is 41.5 Å². The number of nitrogens with one attached hydrogen (secondary N) is 1. The van der Waals surface area contributed by atoms with Crippen LogP contribution in [0.25, 0.3) is 0 Å². The molecule has 1 heterocycles. The summed E-state index contributed by atoms with van der Waals surface area (Å²) in [5.74, 6) is -2.95. The van der Waals surface area contributed by atoms with Crippen molar-refractivity contribution in [2.75, 3.05) is 13.1 Å². The van der Waals surface area contributed by atoms with Crippen LogP contribution in [-0.2, 0) is 4.79 Å². The van der Waals surface area contributed by atoms with Crippen LogP contribution in [0.3, 0.4) is 0 Å². The Balaban J connectivity index is 2.84. The van der Waals surface area contributed by atoms with Crippen molar-refractivity contribution in [3.05, 3.63) is 0 Å². The van der Waals surface area contributed by atoms with Crippen LogP contribution in [0, 0.1) is 0 Å². The van der Waals surface area contributed by atoms with Crippen LogP contribution in [0.4, 0.5) is 8.78 Å². The molecule has 1 aliphatic rings. The zero-order valence-corrected chi connectivity index (χ0v) is 6.03. The number of aliphatic imine (C=N–C) groups is 1. The Labute approximate surface area is 62.5 Å². The predicted molar refractivity (Wildman–Crippen MR) is 34.3 cm³/mol. The molecule has 0 saturated carbocycles. The molecule has 1 fully saturated rings. The fraction of sp³-hybridized carbons (Fsp3) is 0.833. The second-order valence-electron chi connectivity index (χ2n) is 2.73. The van der Waals surface area contributed by atoms with Crippen LogP contribution < -0.4 is 5.32 Å². The molecular formula is C6H8F2N2O. The fourth-order valence-corrected chi connectivity index (χ4v) is 0.937. The number of hydrogen-bond acceptors (Lipinski definition) is 3. The van der Waals surface area contributed by atoms with E-state index in [1.807, 2.05) is 0 Å². The van der Waals surface area contributed by atoms with E-state index in [1.54, 1.807) is 0 Å². The molecule has 1 rings (SSSR count). The van der Waals surface area contributed by atoms with Crippen molar-refractivity contribution in [3.63, 3.8) is 0 Å². The Bertz CT molecular complexity index is 201. The number of nitrogens with zero attached hydrogens (tertiary/aromatic N) is 1. The summed E-state index contributed by atoms with van der Waals surface area (Å²) < 4.78 is 25.4. The highest BCUT2D eigenvalue weighted by Crippen LogP contribution is 2.34. The van der Waals surface area contributed by atoms with Crippen molar-refractivity contribution < 1.29 is 13.6 Å². The lowest BCUT2D eigenvalue weighted by Gasteiger charge is -2.41. The molecule has 0 atom stereocenters. The van der Waals surface area contributed by atoms with Gasteiger partial charge in [0.25, 0.3) is 5.92 Å². The summed E-state index contributed by atoms with van der Waals surface area (Å²) in [6.07, 6.45) is 1.17. The maximum absolute atomic E-state index is 12.7. The van der Waals surface area contributed by atoms with Crippen LogP contribution in [-0.4, -0.2) is 30.6 Å². The smallest absolute Gasteiger partial charge is 0.273 e. The molecule has 1 saturated heterocycles. The van der Waals surface area contributed by atoms with Gasteiger partial charge in [0, 0.05) is 20.0 Å². The zero-order valence-electron chi connectivity index (χ0n) is 6.03. The minimum atomic E-state index is -2.95. The zero-order chi connectivity index (χ0) is 8.54. The molecule has 0 unspecified atom stereocenters. The summed E-state index contributed by atoms with van der Waals surface area (Å²) in [4.78, 5) is 12.9. The second kappa shape index (κ2) is 2.36. The van der Waals surface area contributed by atoms with Gasteiger partial charge in [0.1, 0.15) is 0 Å². The summed E-state index contributed by atoms with van der Waals surface area (Å²) in [6.45, 7) is 0.853. The quantitative estimate of drug-likeness (QED) is 0.469. The molecule has 1 N–H and O–H groups in total. The largest absolute Gasteiger partial charge is 0.311 e. The maximum atomic E-state index is 12.7. The van der Waals surface area contributed by atoms with Gasteiger partial charge in [0.05, 0.1) is 0 Å². The van der Waals surface area contributed by atoms with Gasteiger partial charge in [-0.05, 0) is 0 Å². The molecular weight excluding hydrogens is 154 g/mol. The minimum absolute atomic E-state index is 0.0474. The molecule has 0 amide bonds. The standard InChI is InChI=1S/C6H8F2N2O/c1-5(7,8)6(10-4-11)2-9-3-6/h9H,2-3H2,1H3. The maximum Gasteiger partial charge on any atom is 0.273 e. The van der Waals surface area contributed by atoms with Crippen molar-refractivity contribution >= 4 is 6.08 Å².